The fourth-order valence-corrected chi connectivity index (χ4v) is 4.53. The van der Waals surface area contributed by atoms with Crippen molar-refractivity contribution >= 4 is 52.2 Å². The van der Waals surface area contributed by atoms with Gasteiger partial charge in [0.15, 0.2) is 11.9 Å². The third-order valence-corrected chi connectivity index (χ3v) is 6.69. The number of likely N-dealkylation sites (N-methyl/N-ethyl adjacent to an activating group) is 1. The number of benzene rings is 1. The number of aliphatic carboxylic acids is 2. The van der Waals surface area contributed by atoms with E-state index < -0.39 is 18.2 Å². The fourth-order valence-electron chi connectivity index (χ4n) is 4.39. The van der Waals surface area contributed by atoms with E-state index >= 15 is 0 Å². The summed E-state index contributed by atoms with van der Waals surface area (Å²) in [7, 11) is 2.05. The number of anilines is 1. The predicted octanol–water partition coefficient (Wildman–Crippen LogP) is 2.83. The smallest absolute Gasteiger partial charge is 0.328 e. The third kappa shape index (κ3) is 7.42. The van der Waals surface area contributed by atoms with Crippen LogP contribution in [0.25, 0.3) is 11.0 Å². The van der Waals surface area contributed by atoms with Crippen LogP contribution in [0.1, 0.15) is 28.6 Å². The lowest BCUT2D eigenvalue weighted by Crippen LogP contribution is -2.47. The first kappa shape index (κ1) is 29.6. The monoisotopic (exact) mass is 581 g/mol. The SMILES string of the molecule is CN1CCN(C(=O)CCOC2c3ccccc3C(=O)N2c2ccc3ccc(Cl)nc3n2)CC1.O=C(O)/C=C/C(=O)O. The van der Waals surface area contributed by atoms with Crippen molar-refractivity contribution in [3.05, 3.63) is 77.0 Å². The van der Waals surface area contributed by atoms with E-state index in [4.69, 9.17) is 26.6 Å². The highest BCUT2D eigenvalue weighted by molar-refractivity contribution is 6.29. The standard InChI is InChI=1S/C24H24ClN5O3.C4H4O4/c1-28-11-13-29(14-12-28)21(31)10-15-33-24-18-5-3-2-4-17(18)23(32)30(24)20-9-7-16-6-8-19(25)26-22(16)27-20;5-3(6)1-2-4(7)8/h2-9,24H,10-15H2,1H3;1-2H,(H,5,6)(H,7,8)/b;2-1+. The number of nitrogens with zero attached hydrogens (tertiary/aromatic N) is 5. The van der Waals surface area contributed by atoms with Crippen molar-refractivity contribution in [1.29, 1.82) is 0 Å². The highest BCUT2D eigenvalue weighted by Crippen LogP contribution is 2.38. The molecule has 2 N–H and O–H groups in total. The molecule has 0 saturated carbocycles. The van der Waals surface area contributed by atoms with Gasteiger partial charge in [-0.25, -0.2) is 19.6 Å². The second kappa shape index (κ2) is 13.3. The average molecular weight is 582 g/mol. The van der Waals surface area contributed by atoms with Crippen LogP contribution in [-0.2, 0) is 19.1 Å². The third-order valence-electron chi connectivity index (χ3n) is 6.48. The first-order valence-electron chi connectivity index (χ1n) is 12.7. The highest BCUT2D eigenvalue weighted by Gasteiger charge is 2.39. The van der Waals surface area contributed by atoms with Gasteiger partial charge < -0.3 is 24.7 Å². The summed E-state index contributed by atoms with van der Waals surface area (Å²) < 4.78 is 6.15. The van der Waals surface area contributed by atoms with E-state index in [1.807, 2.05) is 35.2 Å². The molecule has 2 aromatic heterocycles. The molecule has 2 aliphatic heterocycles. The van der Waals surface area contributed by atoms with Crippen LogP contribution in [0.2, 0.25) is 5.15 Å². The molecule has 3 aromatic rings. The number of carbonyl (C=O) groups is 4. The van der Waals surface area contributed by atoms with E-state index in [1.165, 1.54) is 4.90 Å². The molecule has 1 fully saturated rings. The largest absolute Gasteiger partial charge is 0.478 e. The molecule has 13 heteroatoms. The number of carboxylic acids is 2. The normalized spacial score (nSPS) is 16.9. The van der Waals surface area contributed by atoms with E-state index in [9.17, 15) is 19.2 Å². The molecule has 1 unspecified atom stereocenters. The molecule has 4 heterocycles. The van der Waals surface area contributed by atoms with Crippen molar-refractivity contribution < 1.29 is 34.1 Å². The number of piperazine rings is 1. The van der Waals surface area contributed by atoms with Crippen molar-refractivity contribution in [2.24, 2.45) is 0 Å². The molecular weight excluding hydrogens is 554 g/mol. The first-order chi connectivity index (χ1) is 19.6. The van der Waals surface area contributed by atoms with Crippen LogP contribution in [0.3, 0.4) is 0 Å². The molecule has 5 rings (SSSR count). The molecule has 0 bridgehead atoms. The van der Waals surface area contributed by atoms with Gasteiger partial charge in [-0.1, -0.05) is 29.8 Å². The van der Waals surface area contributed by atoms with Crippen molar-refractivity contribution in [1.82, 2.24) is 19.8 Å². The number of carboxylic acid groups (broad SMARTS) is 2. The summed E-state index contributed by atoms with van der Waals surface area (Å²) in [5, 5.41) is 16.8. The number of halogens is 1. The summed E-state index contributed by atoms with van der Waals surface area (Å²) in [6.45, 7) is 3.39. The topological polar surface area (TPSA) is 153 Å². The molecule has 1 aromatic carbocycles. The molecule has 0 radical (unpaired) electrons. The van der Waals surface area contributed by atoms with Crippen LogP contribution in [0.5, 0.6) is 0 Å². The Morgan fingerprint density at radius 2 is 1.63 bits per heavy atom. The molecule has 2 aliphatic rings. The van der Waals surface area contributed by atoms with E-state index in [0.717, 1.165) is 37.1 Å². The lowest BCUT2D eigenvalue weighted by atomic mass is 10.1. The predicted molar refractivity (Wildman–Crippen MR) is 150 cm³/mol. The van der Waals surface area contributed by atoms with Gasteiger partial charge in [0, 0.05) is 54.8 Å². The minimum Gasteiger partial charge on any atom is -0.478 e. The molecule has 41 heavy (non-hydrogen) atoms. The number of ether oxygens (including phenoxy) is 1. The Hall–Kier alpha value is -4.39. The molecule has 0 aliphatic carbocycles. The van der Waals surface area contributed by atoms with Crippen molar-refractivity contribution in [3.8, 4) is 0 Å². The Morgan fingerprint density at radius 3 is 2.32 bits per heavy atom. The van der Waals surface area contributed by atoms with Gasteiger partial charge in [-0.05, 0) is 37.4 Å². The second-order valence-corrected chi connectivity index (χ2v) is 9.67. The number of hydrogen-bond acceptors (Lipinski definition) is 8. The summed E-state index contributed by atoms with van der Waals surface area (Å²) in [6, 6.07) is 14.5. The fraction of sp³-hybridized carbons (Fsp3) is 0.286. The van der Waals surface area contributed by atoms with Gasteiger partial charge in [-0.3, -0.25) is 14.5 Å². The zero-order valence-electron chi connectivity index (χ0n) is 22.1. The molecule has 0 spiro atoms. The van der Waals surface area contributed by atoms with Crippen LogP contribution >= 0.6 is 11.6 Å². The first-order valence-corrected chi connectivity index (χ1v) is 13.1. The van der Waals surface area contributed by atoms with Crippen LogP contribution in [0, 0.1) is 0 Å². The molecule has 1 atom stereocenters. The molecule has 12 nitrogen and oxygen atoms in total. The lowest BCUT2D eigenvalue weighted by molar-refractivity contribution is -0.134. The van der Waals surface area contributed by atoms with Gasteiger partial charge in [-0.2, -0.15) is 0 Å². The summed E-state index contributed by atoms with van der Waals surface area (Å²) in [6.07, 6.45) is 0.704. The Bertz CT molecular complexity index is 1470. The summed E-state index contributed by atoms with van der Waals surface area (Å²) in [5.74, 6) is -2.22. The number of pyridine rings is 2. The van der Waals surface area contributed by atoms with Gasteiger partial charge in [0.25, 0.3) is 5.91 Å². The van der Waals surface area contributed by atoms with E-state index in [1.54, 1.807) is 18.2 Å². The van der Waals surface area contributed by atoms with Crippen LogP contribution in [-0.4, -0.2) is 93.6 Å². The number of hydrogen-bond donors (Lipinski definition) is 2. The zero-order valence-corrected chi connectivity index (χ0v) is 22.9. The number of amides is 2. The van der Waals surface area contributed by atoms with Crippen molar-refractivity contribution in [2.75, 3.05) is 44.7 Å². The minimum absolute atomic E-state index is 0.0648. The molecule has 1 saturated heterocycles. The van der Waals surface area contributed by atoms with Crippen LogP contribution < -0.4 is 4.90 Å². The molecule has 2 amide bonds. The van der Waals surface area contributed by atoms with Crippen molar-refractivity contribution in [2.45, 2.75) is 12.6 Å². The van der Waals surface area contributed by atoms with Gasteiger partial charge >= 0.3 is 11.9 Å². The number of fused-ring (bicyclic) bond motifs is 2. The lowest BCUT2D eigenvalue weighted by Gasteiger charge is -2.32. The van der Waals surface area contributed by atoms with Gasteiger partial charge in [-0.15, -0.1) is 0 Å². The van der Waals surface area contributed by atoms with Gasteiger partial charge in [0.05, 0.1) is 13.0 Å². The quantitative estimate of drug-likeness (QED) is 0.314. The number of aromatic nitrogens is 2. The van der Waals surface area contributed by atoms with Crippen molar-refractivity contribution in [3.63, 3.8) is 0 Å². The summed E-state index contributed by atoms with van der Waals surface area (Å²) in [5.41, 5.74) is 1.78. The Labute approximate surface area is 240 Å². The Balaban J connectivity index is 0.000000426. The zero-order chi connectivity index (χ0) is 29.5. The van der Waals surface area contributed by atoms with Gasteiger partial charge in [0.2, 0.25) is 5.91 Å². The number of rotatable bonds is 7. The minimum atomic E-state index is -1.26. The second-order valence-electron chi connectivity index (χ2n) is 9.28. The van der Waals surface area contributed by atoms with E-state index in [2.05, 4.69) is 21.9 Å². The Kier molecular flexibility index (Phi) is 9.61. The van der Waals surface area contributed by atoms with E-state index in [-0.39, 0.29) is 24.8 Å². The maximum atomic E-state index is 13.3. The Morgan fingerprint density at radius 1 is 0.976 bits per heavy atom. The van der Waals surface area contributed by atoms with E-state index in [0.29, 0.717) is 34.3 Å². The summed E-state index contributed by atoms with van der Waals surface area (Å²) in [4.78, 5) is 59.4. The average Bonchev–Trinajstić information content (AvgIpc) is 3.23. The summed E-state index contributed by atoms with van der Waals surface area (Å²) >= 11 is 6.04. The number of carbonyl (C=O) groups excluding carboxylic acids is 2. The van der Waals surface area contributed by atoms with Crippen LogP contribution in [0.15, 0.2) is 60.7 Å². The molecule has 214 valence electrons. The maximum absolute atomic E-state index is 13.3. The van der Waals surface area contributed by atoms with Crippen LogP contribution in [0.4, 0.5) is 5.82 Å². The maximum Gasteiger partial charge on any atom is 0.328 e. The highest BCUT2D eigenvalue weighted by atomic mass is 35.5. The van der Waals surface area contributed by atoms with Gasteiger partial charge in [0.1, 0.15) is 11.0 Å². The molecular formula is C28H28ClN5O7.